The van der Waals surface area contributed by atoms with Gasteiger partial charge in [-0.15, -0.1) is 0 Å². The van der Waals surface area contributed by atoms with E-state index in [2.05, 4.69) is 0 Å². The number of benzene rings is 1. The predicted molar refractivity (Wildman–Crippen MR) is 59.4 cm³/mol. The van der Waals surface area contributed by atoms with Gasteiger partial charge in [-0.2, -0.15) is 0 Å². The molecule has 2 nitrogen and oxygen atoms in total. The van der Waals surface area contributed by atoms with Crippen LogP contribution in [-0.4, -0.2) is 17.3 Å². The second-order valence-corrected chi connectivity index (χ2v) is 4.07. The van der Waals surface area contributed by atoms with Crippen molar-refractivity contribution in [3.05, 3.63) is 34.6 Å². The van der Waals surface area contributed by atoms with Crippen LogP contribution >= 0.6 is 11.6 Å². The van der Waals surface area contributed by atoms with Crippen LogP contribution in [0, 0.1) is 5.82 Å². The van der Waals surface area contributed by atoms with Crippen LogP contribution in [0.2, 0.25) is 5.02 Å². The summed E-state index contributed by atoms with van der Waals surface area (Å²) in [5.41, 5.74) is 5.94. The van der Waals surface area contributed by atoms with Gasteiger partial charge < -0.3 is 10.8 Å². The first kappa shape index (κ1) is 12.4. The average Bonchev–Trinajstić information content (AvgIpc) is 2.16. The number of aliphatic hydroxyl groups excluding tert-OH is 1. The van der Waals surface area contributed by atoms with E-state index in [1.165, 1.54) is 6.07 Å². The Morgan fingerprint density at radius 1 is 1.53 bits per heavy atom. The van der Waals surface area contributed by atoms with Crippen molar-refractivity contribution in [3.63, 3.8) is 0 Å². The Morgan fingerprint density at radius 2 is 2.20 bits per heavy atom. The number of rotatable bonds is 4. The zero-order valence-corrected chi connectivity index (χ0v) is 9.34. The summed E-state index contributed by atoms with van der Waals surface area (Å²) >= 11 is 5.84. The molecule has 3 N–H and O–H groups in total. The topological polar surface area (TPSA) is 46.2 Å². The Balaban J connectivity index is 2.65. The molecule has 15 heavy (non-hydrogen) atoms. The van der Waals surface area contributed by atoms with Crippen molar-refractivity contribution < 1.29 is 9.50 Å². The molecule has 1 aromatic carbocycles. The second kappa shape index (κ2) is 5.45. The van der Waals surface area contributed by atoms with Crippen LogP contribution in [0.3, 0.4) is 0 Å². The van der Waals surface area contributed by atoms with Crippen molar-refractivity contribution in [2.24, 2.45) is 5.73 Å². The molecule has 0 amide bonds. The Morgan fingerprint density at radius 3 is 2.73 bits per heavy atom. The molecule has 4 heteroatoms. The van der Waals surface area contributed by atoms with E-state index in [0.717, 1.165) is 0 Å². The summed E-state index contributed by atoms with van der Waals surface area (Å²) in [6, 6.07) is 4.25. The zero-order chi connectivity index (χ0) is 11.4. The molecule has 1 aromatic rings. The number of nitrogens with two attached hydrogens (primary N) is 1. The number of hydrogen-bond acceptors (Lipinski definition) is 2. The van der Waals surface area contributed by atoms with Crippen LogP contribution in [0.25, 0.3) is 0 Å². The molecule has 2 unspecified atom stereocenters. The summed E-state index contributed by atoms with van der Waals surface area (Å²) in [5.74, 6) is -0.334. The van der Waals surface area contributed by atoms with E-state index in [4.69, 9.17) is 17.3 Å². The highest BCUT2D eigenvalue weighted by Crippen LogP contribution is 2.21. The fourth-order valence-corrected chi connectivity index (χ4v) is 1.58. The highest BCUT2D eigenvalue weighted by Gasteiger charge is 2.12. The normalized spacial score (nSPS) is 15.0. The largest absolute Gasteiger partial charge is 0.392 e. The molecular formula is C11H15ClFNO. The lowest BCUT2D eigenvalue weighted by atomic mass is 10.0. The van der Waals surface area contributed by atoms with Crippen LogP contribution in [0.1, 0.15) is 18.9 Å². The van der Waals surface area contributed by atoms with Gasteiger partial charge in [0.2, 0.25) is 0 Å². The summed E-state index contributed by atoms with van der Waals surface area (Å²) < 4.78 is 13.3. The third kappa shape index (κ3) is 3.45. The van der Waals surface area contributed by atoms with Crippen molar-refractivity contribution in [3.8, 4) is 0 Å². The smallest absolute Gasteiger partial charge is 0.127 e. The van der Waals surface area contributed by atoms with Gasteiger partial charge >= 0.3 is 0 Å². The summed E-state index contributed by atoms with van der Waals surface area (Å²) in [6.45, 7) is 1.72. The molecule has 0 aliphatic rings. The van der Waals surface area contributed by atoms with Gasteiger partial charge in [0.1, 0.15) is 5.82 Å². The molecule has 0 heterocycles. The number of halogens is 2. The Bertz CT molecular complexity index is 310. The highest BCUT2D eigenvalue weighted by atomic mass is 35.5. The van der Waals surface area contributed by atoms with Crippen molar-refractivity contribution in [1.29, 1.82) is 0 Å². The number of hydrogen-bond donors (Lipinski definition) is 2. The molecule has 2 atom stereocenters. The number of aliphatic hydroxyl groups is 1. The summed E-state index contributed by atoms with van der Waals surface area (Å²) in [6.07, 6.45) is 0.188. The summed E-state index contributed by atoms with van der Waals surface area (Å²) in [7, 11) is 0. The quantitative estimate of drug-likeness (QED) is 0.834. The third-order valence-electron chi connectivity index (χ3n) is 2.36. The van der Waals surface area contributed by atoms with Crippen LogP contribution in [0.15, 0.2) is 18.2 Å². The summed E-state index contributed by atoms with van der Waals surface area (Å²) in [4.78, 5) is 0. The van der Waals surface area contributed by atoms with E-state index < -0.39 is 6.10 Å². The fraction of sp³-hybridized carbons (Fsp3) is 0.455. The minimum atomic E-state index is -0.624. The fourth-order valence-electron chi connectivity index (χ4n) is 1.33. The highest BCUT2D eigenvalue weighted by molar-refractivity contribution is 6.31. The first-order chi connectivity index (χ1) is 7.02. The van der Waals surface area contributed by atoms with Crippen molar-refractivity contribution >= 4 is 11.6 Å². The van der Waals surface area contributed by atoms with Crippen LogP contribution in [0.5, 0.6) is 0 Å². The monoisotopic (exact) mass is 231 g/mol. The van der Waals surface area contributed by atoms with E-state index >= 15 is 0 Å². The van der Waals surface area contributed by atoms with E-state index in [9.17, 15) is 9.50 Å². The third-order valence-corrected chi connectivity index (χ3v) is 2.71. The molecular weight excluding hydrogens is 217 g/mol. The maximum atomic E-state index is 13.3. The molecule has 0 aromatic heterocycles. The van der Waals surface area contributed by atoms with Gasteiger partial charge in [-0.05, 0) is 31.9 Å². The van der Waals surface area contributed by atoms with E-state index in [-0.39, 0.29) is 11.9 Å². The average molecular weight is 232 g/mol. The Labute approximate surface area is 93.9 Å². The van der Waals surface area contributed by atoms with Crippen molar-refractivity contribution in [1.82, 2.24) is 0 Å². The molecule has 0 saturated carbocycles. The van der Waals surface area contributed by atoms with Crippen LogP contribution in [-0.2, 0) is 6.42 Å². The molecule has 0 fully saturated rings. The second-order valence-electron chi connectivity index (χ2n) is 3.67. The molecule has 84 valence electrons. The lowest BCUT2D eigenvalue weighted by Gasteiger charge is -2.14. The van der Waals surface area contributed by atoms with Gasteiger partial charge in [0, 0.05) is 16.6 Å². The summed E-state index contributed by atoms with van der Waals surface area (Å²) in [5, 5.41) is 9.87. The van der Waals surface area contributed by atoms with Gasteiger partial charge in [-0.1, -0.05) is 17.7 Å². The molecule has 0 spiro atoms. The zero-order valence-electron chi connectivity index (χ0n) is 8.58. The van der Waals surface area contributed by atoms with Crippen molar-refractivity contribution in [2.75, 3.05) is 0 Å². The molecule has 0 aliphatic carbocycles. The van der Waals surface area contributed by atoms with Crippen LogP contribution in [0.4, 0.5) is 4.39 Å². The van der Waals surface area contributed by atoms with Gasteiger partial charge in [-0.3, -0.25) is 0 Å². The SMILES string of the molecule is CC(N)C(O)CCc1c(F)cccc1Cl. The van der Waals surface area contributed by atoms with Gasteiger partial charge in [-0.25, -0.2) is 4.39 Å². The molecule has 1 rings (SSSR count). The minimum absolute atomic E-state index is 0.310. The molecule has 0 radical (unpaired) electrons. The first-order valence-corrected chi connectivity index (χ1v) is 5.26. The predicted octanol–water partition coefficient (Wildman–Crippen LogP) is 2.12. The van der Waals surface area contributed by atoms with Gasteiger partial charge in [0.15, 0.2) is 0 Å². The Hall–Kier alpha value is -0.640. The van der Waals surface area contributed by atoms with Crippen LogP contribution < -0.4 is 5.73 Å². The van der Waals surface area contributed by atoms with Gasteiger partial charge in [0.25, 0.3) is 0 Å². The van der Waals surface area contributed by atoms with E-state index in [1.807, 2.05) is 0 Å². The maximum Gasteiger partial charge on any atom is 0.127 e. The maximum absolute atomic E-state index is 13.3. The molecule has 0 saturated heterocycles. The Kier molecular flexibility index (Phi) is 4.51. The molecule has 0 aliphatic heterocycles. The standard InChI is InChI=1S/C11H15ClFNO/c1-7(14)11(15)6-5-8-9(12)3-2-4-10(8)13/h2-4,7,11,15H,5-6,14H2,1H3. The lowest BCUT2D eigenvalue weighted by Crippen LogP contribution is -2.31. The first-order valence-electron chi connectivity index (χ1n) is 4.89. The van der Waals surface area contributed by atoms with Crippen molar-refractivity contribution in [2.45, 2.75) is 31.9 Å². The minimum Gasteiger partial charge on any atom is -0.392 e. The van der Waals surface area contributed by atoms with E-state index in [1.54, 1.807) is 19.1 Å². The lowest BCUT2D eigenvalue weighted by molar-refractivity contribution is 0.141. The van der Waals surface area contributed by atoms with E-state index in [0.29, 0.717) is 23.4 Å². The van der Waals surface area contributed by atoms with Gasteiger partial charge in [0.05, 0.1) is 6.10 Å². The molecule has 0 bridgehead atoms.